The molecule has 3 rings (SSSR count). The van der Waals surface area contributed by atoms with Gasteiger partial charge in [-0.15, -0.1) is 0 Å². The molecule has 2 amide bonds. The normalized spacial score (nSPS) is 50.3. The number of rotatable bonds is 1. The number of imide groups is 1. The van der Waals surface area contributed by atoms with Crippen LogP contribution in [0.25, 0.3) is 0 Å². The van der Waals surface area contributed by atoms with Crippen LogP contribution in [-0.4, -0.2) is 60.4 Å². The Bertz CT molecular complexity index is 370. The van der Waals surface area contributed by atoms with Crippen molar-refractivity contribution in [2.45, 2.75) is 24.4 Å². The fourth-order valence-electron chi connectivity index (χ4n) is 3.13. The Morgan fingerprint density at radius 1 is 1.25 bits per heavy atom. The van der Waals surface area contributed by atoms with Gasteiger partial charge in [0.1, 0.15) is 12.2 Å². The summed E-state index contributed by atoms with van der Waals surface area (Å²) in [6, 6.07) is 0. The molecule has 2 bridgehead atoms. The first-order valence-electron chi connectivity index (χ1n) is 5.25. The summed E-state index contributed by atoms with van der Waals surface area (Å²) in [7, 11) is 2.94. The largest absolute Gasteiger partial charge is 0.388 e. The molecule has 0 aromatic rings. The molecule has 0 spiro atoms. The van der Waals surface area contributed by atoms with Crippen LogP contribution in [0.3, 0.4) is 0 Å². The number of carbonyl (C=O) groups excluding carboxylic acids is 2. The highest BCUT2D eigenvalue weighted by Gasteiger charge is 2.68. The third-order valence-electron chi connectivity index (χ3n) is 3.91. The number of aliphatic hydroxyl groups is 1. The van der Waals surface area contributed by atoms with Gasteiger partial charge >= 0.3 is 0 Å². The fourth-order valence-corrected chi connectivity index (χ4v) is 3.13. The average Bonchev–Trinajstić information content (AvgIpc) is 2.85. The monoisotopic (exact) mass is 227 g/mol. The zero-order valence-electron chi connectivity index (χ0n) is 8.99. The van der Waals surface area contributed by atoms with Crippen molar-refractivity contribution in [3.05, 3.63) is 0 Å². The molecule has 3 aliphatic heterocycles. The summed E-state index contributed by atoms with van der Waals surface area (Å²) in [5.41, 5.74) is 0. The minimum atomic E-state index is -0.820. The Labute approximate surface area is 92.1 Å². The van der Waals surface area contributed by atoms with E-state index in [1.165, 1.54) is 14.2 Å². The van der Waals surface area contributed by atoms with Crippen LogP contribution in [0.5, 0.6) is 0 Å². The molecule has 3 heterocycles. The fraction of sp³-hybridized carbons (Fsp3) is 0.800. The van der Waals surface area contributed by atoms with E-state index in [9.17, 15) is 14.7 Å². The number of methoxy groups -OCH3 is 1. The van der Waals surface area contributed by atoms with Crippen LogP contribution in [0.1, 0.15) is 0 Å². The second kappa shape index (κ2) is 3.03. The minimum absolute atomic E-state index is 0.226. The van der Waals surface area contributed by atoms with E-state index in [1.807, 2.05) is 0 Å². The molecule has 1 N–H and O–H groups in total. The summed E-state index contributed by atoms with van der Waals surface area (Å²) < 4.78 is 10.6. The van der Waals surface area contributed by atoms with Gasteiger partial charge in [-0.25, -0.2) is 0 Å². The van der Waals surface area contributed by atoms with Gasteiger partial charge in [-0.2, -0.15) is 0 Å². The van der Waals surface area contributed by atoms with E-state index in [4.69, 9.17) is 9.47 Å². The Morgan fingerprint density at radius 3 is 2.38 bits per heavy atom. The molecule has 3 fully saturated rings. The van der Waals surface area contributed by atoms with E-state index < -0.39 is 36.3 Å². The molecule has 0 aromatic heterocycles. The summed E-state index contributed by atoms with van der Waals surface area (Å²) >= 11 is 0. The van der Waals surface area contributed by atoms with Crippen LogP contribution < -0.4 is 0 Å². The SMILES string of the molecule is COC1C(O)C2OC1C1C(=O)N(C)C(=O)C21. The second-order valence-electron chi connectivity index (χ2n) is 4.54. The number of aliphatic hydroxyl groups excluding tert-OH is 1. The van der Waals surface area contributed by atoms with E-state index in [2.05, 4.69) is 0 Å². The zero-order valence-corrected chi connectivity index (χ0v) is 8.99. The predicted molar refractivity (Wildman–Crippen MR) is 50.2 cm³/mol. The molecule has 0 saturated carbocycles. The number of fused-ring (bicyclic) bond motifs is 5. The van der Waals surface area contributed by atoms with Crippen LogP contribution in [0.4, 0.5) is 0 Å². The Morgan fingerprint density at radius 2 is 1.81 bits per heavy atom. The van der Waals surface area contributed by atoms with Crippen molar-refractivity contribution in [1.82, 2.24) is 4.90 Å². The second-order valence-corrected chi connectivity index (χ2v) is 4.54. The molecular formula is C10H13NO5. The lowest BCUT2D eigenvalue weighted by Gasteiger charge is -2.28. The smallest absolute Gasteiger partial charge is 0.235 e. The Hall–Kier alpha value is -0.980. The summed E-state index contributed by atoms with van der Waals surface area (Å²) in [5.74, 6) is -1.48. The molecule has 0 aromatic carbocycles. The van der Waals surface area contributed by atoms with Crippen molar-refractivity contribution in [3.8, 4) is 0 Å². The molecule has 6 atom stereocenters. The highest BCUT2D eigenvalue weighted by Crippen LogP contribution is 2.49. The Balaban J connectivity index is 1.99. The van der Waals surface area contributed by atoms with Gasteiger partial charge in [0.2, 0.25) is 11.8 Å². The van der Waals surface area contributed by atoms with Crippen molar-refractivity contribution >= 4 is 11.8 Å². The van der Waals surface area contributed by atoms with E-state index in [0.717, 1.165) is 4.90 Å². The van der Waals surface area contributed by atoms with Crippen LogP contribution in [0.2, 0.25) is 0 Å². The summed E-state index contributed by atoms with van der Waals surface area (Å²) in [5, 5.41) is 9.88. The molecule has 0 aliphatic carbocycles. The van der Waals surface area contributed by atoms with Gasteiger partial charge in [-0.1, -0.05) is 0 Å². The van der Waals surface area contributed by atoms with Crippen LogP contribution >= 0.6 is 0 Å². The molecule has 3 saturated heterocycles. The van der Waals surface area contributed by atoms with Crippen molar-refractivity contribution in [2.24, 2.45) is 11.8 Å². The molecule has 6 unspecified atom stereocenters. The molecule has 3 aliphatic rings. The summed E-state index contributed by atoms with van der Waals surface area (Å²) in [6.45, 7) is 0. The van der Waals surface area contributed by atoms with Crippen LogP contribution in [0.15, 0.2) is 0 Å². The van der Waals surface area contributed by atoms with Crippen molar-refractivity contribution in [1.29, 1.82) is 0 Å². The summed E-state index contributed by atoms with van der Waals surface area (Å²) in [4.78, 5) is 24.8. The van der Waals surface area contributed by atoms with Gasteiger partial charge in [0.05, 0.1) is 24.0 Å². The topological polar surface area (TPSA) is 76.1 Å². The molecule has 0 radical (unpaired) electrons. The van der Waals surface area contributed by atoms with Gasteiger partial charge in [-0.3, -0.25) is 14.5 Å². The van der Waals surface area contributed by atoms with E-state index in [-0.39, 0.29) is 11.8 Å². The van der Waals surface area contributed by atoms with Gasteiger partial charge in [0.15, 0.2) is 0 Å². The Kier molecular flexibility index (Phi) is 1.93. The number of hydrogen-bond donors (Lipinski definition) is 1. The van der Waals surface area contributed by atoms with Gasteiger partial charge in [-0.05, 0) is 0 Å². The molecule has 16 heavy (non-hydrogen) atoms. The van der Waals surface area contributed by atoms with E-state index >= 15 is 0 Å². The van der Waals surface area contributed by atoms with E-state index in [0.29, 0.717) is 0 Å². The van der Waals surface area contributed by atoms with Crippen molar-refractivity contribution in [3.63, 3.8) is 0 Å². The van der Waals surface area contributed by atoms with Crippen LogP contribution in [-0.2, 0) is 19.1 Å². The number of nitrogens with zero attached hydrogens (tertiary/aromatic N) is 1. The zero-order chi connectivity index (χ0) is 11.6. The first kappa shape index (κ1) is 10.2. The van der Waals surface area contributed by atoms with Gasteiger partial charge in [0.25, 0.3) is 0 Å². The lowest BCUT2D eigenvalue weighted by molar-refractivity contribution is -0.141. The predicted octanol–water partition coefficient (Wildman–Crippen LogP) is -1.63. The number of likely N-dealkylation sites (tertiary alicyclic amines) is 1. The number of ether oxygens (including phenoxy) is 2. The molecular weight excluding hydrogens is 214 g/mol. The van der Waals surface area contributed by atoms with Gasteiger partial charge < -0.3 is 14.6 Å². The lowest BCUT2D eigenvalue weighted by atomic mass is 9.78. The van der Waals surface area contributed by atoms with Crippen molar-refractivity contribution in [2.75, 3.05) is 14.2 Å². The molecule has 88 valence electrons. The van der Waals surface area contributed by atoms with Crippen LogP contribution in [0, 0.1) is 11.8 Å². The van der Waals surface area contributed by atoms with Gasteiger partial charge in [0, 0.05) is 14.2 Å². The standard InChI is InChI=1S/C10H13NO5/c1-11-9(13)3-4(10(11)14)7-8(15-2)5(12)6(3)16-7/h3-8,12H,1-2H3. The minimum Gasteiger partial charge on any atom is -0.388 e. The lowest BCUT2D eigenvalue weighted by Crippen LogP contribution is -2.48. The third kappa shape index (κ3) is 0.928. The maximum atomic E-state index is 11.8. The highest BCUT2D eigenvalue weighted by atomic mass is 16.6. The third-order valence-corrected chi connectivity index (χ3v) is 3.91. The number of carbonyl (C=O) groups is 2. The number of amides is 2. The quantitative estimate of drug-likeness (QED) is 0.544. The summed E-state index contributed by atoms with van der Waals surface area (Å²) in [6.07, 6.45) is -2.41. The molecule has 6 heteroatoms. The molecule has 6 nitrogen and oxygen atoms in total. The highest BCUT2D eigenvalue weighted by molar-refractivity contribution is 6.06. The first-order valence-corrected chi connectivity index (χ1v) is 5.25. The van der Waals surface area contributed by atoms with E-state index in [1.54, 1.807) is 0 Å². The first-order chi connectivity index (χ1) is 7.57. The number of hydrogen-bond acceptors (Lipinski definition) is 5. The van der Waals surface area contributed by atoms with Crippen molar-refractivity contribution < 1.29 is 24.2 Å². The maximum absolute atomic E-state index is 11.8. The maximum Gasteiger partial charge on any atom is 0.235 e. The average molecular weight is 227 g/mol.